The van der Waals surface area contributed by atoms with E-state index in [2.05, 4.69) is 9.97 Å². The van der Waals surface area contributed by atoms with Gasteiger partial charge in [-0.3, -0.25) is 4.79 Å². The monoisotopic (exact) mass is 261 g/mol. The molecular weight excluding hydrogens is 246 g/mol. The topological polar surface area (TPSA) is 49.0 Å². The number of imidazole rings is 1. The predicted octanol–water partition coefficient (Wildman–Crippen LogP) is 2.45. The molecule has 2 aromatic heterocycles. The number of nitrogens with one attached hydrogen (secondary N) is 1. The summed E-state index contributed by atoms with van der Waals surface area (Å²) in [4.78, 5) is 21.7. The van der Waals surface area contributed by atoms with E-state index in [-0.39, 0.29) is 5.91 Å². The van der Waals surface area contributed by atoms with Crippen LogP contribution in [0.1, 0.15) is 16.3 Å². The predicted molar refractivity (Wildman–Crippen MR) is 73.2 cm³/mol. The summed E-state index contributed by atoms with van der Waals surface area (Å²) in [5.74, 6) is 0.755. The first-order valence-corrected chi connectivity index (χ1v) is 6.50. The van der Waals surface area contributed by atoms with E-state index in [0.717, 1.165) is 10.7 Å². The van der Waals surface area contributed by atoms with Gasteiger partial charge in [0, 0.05) is 30.4 Å². The van der Waals surface area contributed by atoms with Crippen LogP contribution in [0.4, 0.5) is 0 Å². The van der Waals surface area contributed by atoms with Crippen LogP contribution in [0.2, 0.25) is 0 Å². The maximum absolute atomic E-state index is 11.9. The second kappa shape index (κ2) is 5.64. The molecule has 0 bridgehead atoms. The number of hydrogen-bond donors (Lipinski definition) is 1. The molecule has 0 saturated heterocycles. The second-order valence-electron chi connectivity index (χ2n) is 4.03. The van der Waals surface area contributed by atoms with Crippen molar-refractivity contribution >= 4 is 23.3 Å². The van der Waals surface area contributed by atoms with E-state index in [4.69, 9.17) is 0 Å². The van der Waals surface area contributed by atoms with Crippen molar-refractivity contribution in [3.63, 3.8) is 0 Å². The number of H-pyrrole nitrogens is 1. The smallest absolute Gasteiger partial charge is 0.246 e. The van der Waals surface area contributed by atoms with Gasteiger partial charge in [-0.05, 0) is 30.0 Å². The van der Waals surface area contributed by atoms with Crippen LogP contribution in [0.3, 0.4) is 0 Å². The molecule has 0 unspecified atom stereocenters. The lowest BCUT2D eigenvalue weighted by Crippen LogP contribution is -2.24. The van der Waals surface area contributed by atoms with Crippen LogP contribution in [-0.4, -0.2) is 27.8 Å². The Hall–Kier alpha value is -1.88. The Bertz CT molecular complexity index is 542. The number of hydrogen-bond acceptors (Lipinski definition) is 3. The number of amides is 1. The molecule has 0 aliphatic heterocycles. The van der Waals surface area contributed by atoms with Gasteiger partial charge in [0.2, 0.25) is 5.91 Å². The third-order valence-electron chi connectivity index (χ3n) is 2.60. The van der Waals surface area contributed by atoms with Gasteiger partial charge in [-0.2, -0.15) is 0 Å². The molecule has 0 aliphatic carbocycles. The summed E-state index contributed by atoms with van der Waals surface area (Å²) in [5.41, 5.74) is 1.19. The summed E-state index contributed by atoms with van der Waals surface area (Å²) >= 11 is 1.63. The zero-order chi connectivity index (χ0) is 13.0. The largest absolute Gasteiger partial charge is 0.347 e. The summed E-state index contributed by atoms with van der Waals surface area (Å²) in [6.45, 7) is 2.52. The number of likely N-dealkylation sites (N-methyl/N-ethyl adjacent to an activating group) is 1. The zero-order valence-corrected chi connectivity index (χ0v) is 11.2. The minimum Gasteiger partial charge on any atom is -0.347 e. The van der Waals surface area contributed by atoms with E-state index in [1.54, 1.807) is 41.8 Å². The van der Waals surface area contributed by atoms with Gasteiger partial charge in [0.1, 0.15) is 5.82 Å². The van der Waals surface area contributed by atoms with Crippen molar-refractivity contribution < 1.29 is 4.79 Å². The minimum atomic E-state index is -0.0285. The maximum atomic E-state index is 11.9. The molecule has 2 aromatic rings. The normalized spacial score (nSPS) is 11.0. The lowest BCUT2D eigenvalue weighted by molar-refractivity contribution is -0.125. The number of carbonyl (C=O) groups is 1. The maximum Gasteiger partial charge on any atom is 0.246 e. The average Bonchev–Trinajstić information content (AvgIpc) is 2.98. The van der Waals surface area contributed by atoms with Crippen molar-refractivity contribution in [1.82, 2.24) is 14.9 Å². The number of nitrogens with zero attached hydrogens (tertiary/aromatic N) is 2. The molecule has 0 aliphatic rings. The molecule has 0 saturated carbocycles. The van der Waals surface area contributed by atoms with Gasteiger partial charge in [0.05, 0.1) is 6.54 Å². The molecule has 2 rings (SSSR count). The third-order valence-corrected chi connectivity index (χ3v) is 3.58. The average molecular weight is 261 g/mol. The Morgan fingerprint density at radius 3 is 3.06 bits per heavy atom. The van der Waals surface area contributed by atoms with Crippen molar-refractivity contribution in [2.75, 3.05) is 7.05 Å². The number of aromatic nitrogens is 2. The fourth-order valence-corrected chi connectivity index (χ4v) is 2.34. The van der Waals surface area contributed by atoms with E-state index in [1.807, 2.05) is 24.4 Å². The van der Waals surface area contributed by atoms with Crippen LogP contribution in [0.5, 0.6) is 0 Å². The highest BCUT2D eigenvalue weighted by Gasteiger charge is 2.07. The van der Waals surface area contributed by atoms with Gasteiger partial charge in [0.15, 0.2) is 0 Å². The highest BCUT2D eigenvalue weighted by Crippen LogP contribution is 2.17. The van der Waals surface area contributed by atoms with Crippen molar-refractivity contribution in [2.24, 2.45) is 0 Å². The van der Waals surface area contributed by atoms with Crippen LogP contribution in [0.25, 0.3) is 6.08 Å². The van der Waals surface area contributed by atoms with Crippen LogP contribution in [0, 0.1) is 6.92 Å². The molecule has 5 heteroatoms. The number of rotatable bonds is 4. The highest BCUT2D eigenvalue weighted by molar-refractivity contribution is 7.11. The molecule has 0 aromatic carbocycles. The Kier molecular flexibility index (Phi) is 3.94. The van der Waals surface area contributed by atoms with E-state index >= 15 is 0 Å². The summed E-state index contributed by atoms with van der Waals surface area (Å²) in [6, 6.07) is 2.04. The molecule has 0 radical (unpaired) electrons. The standard InChI is InChI=1S/C13H15N3OS/c1-10-5-8-18-11(10)3-4-13(17)16(2)9-12-14-6-7-15-12/h3-8H,9H2,1-2H3,(H,14,15). The molecule has 1 N–H and O–H groups in total. The third kappa shape index (κ3) is 3.07. The lowest BCUT2D eigenvalue weighted by atomic mass is 10.3. The summed E-state index contributed by atoms with van der Waals surface area (Å²) in [6.07, 6.45) is 6.89. The SMILES string of the molecule is Cc1ccsc1C=CC(=O)N(C)Cc1ncc[nH]1. The highest BCUT2D eigenvalue weighted by atomic mass is 32.1. The fourth-order valence-electron chi connectivity index (χ4n) is 1.52. The van der Waals surface area contributed by atoms with Gasteiger partial charge >= 0.3 is 0 Å². The zero-order valence-electron chi connectivity index (χ0n) is 10.4. The van der Waals surface area contributed by atoms with Gasteiger partial charge in [0.25, 0.3) is 0 Å². The molecule has 94 valence electrons. The summed E-state index contributed by atoms with van der Waals surface area (Å²) in [7, 11) is 1.76. The molecule has 0 atom stereocenters. The number of aryl methyl sites for hydroxylation is 1. The number of aromatic amines is 1. The van der Waals surface area contributed by atoms with Crippen molar-refractivity contribution in [1.29, 1.82) is 0 Å². The van der Waals surface area contributed by atoms with Crippen LogP contribution in [0.15, 0.2) is 29.9 Å². The van der Waals surface area contributed by atoms with E-state index in [0.29, 0.717) is 6.54 Å². The second-order valence-corrected chi connectivity index (χ2v) is 4.98. The first kappa shape index (κ1) is 12.6. The Balaban J connectivity index is 1.95. The Morgan fingerprint density at radius 2 is 2.44 bits per heavy atom. The van der Waals surface area contributed by atoms with Crippen LogP contribution < -0.4 is 0 Å². The first-order valence-electron chi connectivity index (χ1n) is 5.62. The number of thiophene rings is 1. The molecule has 1 amide bonds. The molecule has 0 spiro atoms. The molecule has 0 fully saturated rings. The van der Waals surface area contributed by atoms with Gasteiger partial charge in [-0.25, -0.2) is 4.98 Å². The summed E-state index contributed by atoms with van der Waals surface area (Å²) < 4.78 is 0. The lowest BCUT2D eigenvalue weighted by Gasteiger charge is -2.12. The van der Waals surface area contributed by atoms with Gasteiger partial charge < -0.3 is 9.88 Å². The minimum absolute atomic E-state index is 0.0285. The van der Waals surface area contributed by atoms with Crippen LogP contribution in [-0.2, 0) is 11.3 Å². The fraction of sp³-hybridized carbons (Fsp3) is 0.231. The molecular formula is C13H15N3OS. The molecule has 2 heterocycles. The first-order chi connectivity index (χ1) is 8.66. The summed E-state index contributed by atoms with van der Waals surface area (Å²) in [5, 5.41) is 2.02. The Morgan fingerprint density at radius 1 is 1.61 bits per heavy atom. The van der Waals surface area contributed by atoms with Crippen molar-refractivity contribution in [3.05, 3.63) is 46.2 Å². The van der Waals surface area contributed by atoms with E-state index < -0.39 is 0 Å². The van der Waals surface area contributed by atoms with Gasteiger partial charge in [-0.15, -0.1) is 11.3 Å². The van der Waals surface area contributed by atoms with E-state index in [9.17, 15) is 4.79 Å². The number of carbonyl (C=O) groups excluding carboxylic acids is 1. The van der Waals surface area contributed by atoms with Crippen molar-refractivity contribution in [2.45, 2.75) is 13.5 Å². The van der Waals surface area contributed by atoms with E-state index in [1.165, 1.54) is 5.56 Å². The molecule has 4 nitrogen and oxygen atoms in total. The van der Waals surface area contributed by atoms with Crippen molar-refractivity contribution in [3.8, 4) is 0 Å². The van der Waals surface area contributed by atoms with Crippen LogP contribution >= 0.6 is 11.3 Å². The quantitative estimate of drug-likeness (QED) is 0.859. The molecule has 18 heavy (non-hydrogen) atoms. The van der Waals surface area contributed by atoms with Gasteiger partial charge in [-0.1, -0.05) is 0 Å². The Labute approximate surface area is 110 Å².